The van der Waals surface area contributed by atoms with E-state index in [9.17, 15) is 0 Å². The van der Waals surface area contributed by atoms with Gasteiger partial charge in [-0.3, -0.25) is 0 Å². The van der Waals surface area contributed by atoms with Gasteiger partial charge in [0.2, 0.25) is 0 Å². The van der Waals surface area contributed by atoms with Crippen molar-refractivity contribution >= 4 is 33.1 Å². The number of nitrogens with one attached hydrogen (secondary N) is 1. The molecule has 0 amide bonds. The van der Waals surface area contributed by atoms with Gasteiger partial charge in [-0.2, -0.15) is 0 Å². The van der Waals surface area contributed by atoms with Crippen molar-refractivity contribution in [3.8, 4) is 0 Å². The lowest BCUT2D eigenvalue weighted by Crippen LogP contribution is -2.28. The summed E-state index contributed by atoms with van der Waals surface area (Å²) in [7, 11) is 0. The molecule has 3 nitrogen and oxygen atoms in total. The van der Waals surface area contributed by atoms with E-state index in [1.807, 2.05) is 24.6 Å². The van der Waals surface area contributed by atoms with Gasteiger partial charge in [-0.05, 0) is 48.3 Å². The Bertz CT molecular complexity index is 508. The number of anilines is 1. The van der Waals surface area contributed by atoms with Gasteiger partial charge < -0.3 is 5.32 Å². The molecule has 17 heavy (non-hydrogen) atoms. The molecule has 0 fully saturated rings. The first-order chi connectivity index (χ1) is 7.99. The summed E-state index contributed by atoms with van der Waals surface area (Å²) < 4.78 is 0.993. The predicted octanol–water partition coefficient (Wildman–Crippen LogP) is 3.96. The fourth-order valence-corrected chi connectivity index (χ4v) is 2.72. The van der Waals surface area contributed by atoms with Gasteiger partial charge >= 0.3 is 0 Å². The molecule has 0 aromatic carbocycles. The number of aromatic nitrogens is 2. The van der Waals surface area contributed by atoms with Gasteiger partial charge in [0, 0.05) is 22.2 Å². The van der Waals surface area contributed by atoms with Crippen LogP contribution in [0, 0.1) is 6.92 Å². The van der Waals surface area contributed by atoms with Crippen molar-refractivity contribution < 1.29 is 0 Å². The topological polar surface area (TPSA) is 37.8 Å². The Morgan fingerprint density at radius 2 is 2.12 bits per heavy atom. The molecule has 0 aliphatic heterocycles. The van der Waals surface area contributed by atoms with Crippen LogP contribution in [0.5, 0.6) is 0 Å². The van der Waals surface area contributed by atoms with Gasteiger partial charge in [-0.1, -0.05) is 0 Å². The summed E-state index contributed by atoms with van der Waals surface area (Å²) in [5.41, 5.74) is 0.906. The standard InChI is InChI=1S/C12H14BrN3S/c1-8-6-9(13)7-15-10(8)16-12(2,3)11-14-4-5-17-11/h4-7H,1-3H3,(H,15,16). The lowest BCUT2D eigenvalue weighted by Gasteiger charge is -2.25. The van der Waals surface area contributed by atoms with Crippen molar-refractivity contribution in [3.05, 3.63) is 38.9 Å². The second-order valence-electron chi connectivity index (χ2n) is 4.41. The monoisotopic (exact) mass is 311 g/mol. The third-order valence-electron chi connectivity index (χ3n) is 2.44. The first-order valence-corrected chi connectivity index (χ1v) is 6.96. The Kier molecular flexibility index (Phi) is 3.49. The van der Waals surface area contributed by atoms with E-state index in [-0.39, 0.29) is 5.54 Å². The van der Waals surface area contributed by atoms with Crippen molar-refractivity contribution in [2.24, 2.45) is 0 Å². The minimum atomic E-state index is -0.209. The fourth-order valence-electron chi connectivity index (χ4n) is 1.55. The molecule has 0 spiro atoms. The van der Waals surface area contributed by atoms with Crippen LogP contribution in [-0.4, -0.2) is 9.97 Å². The van der Waals surface area contributed by atoms with Crippen LogP contribution in [0.1, 0.15) is 24.4 Å². The summed E-state index contributed by atoms with van der Waals surface area (Å²) in [6.07, 6.45) is 3.62. The molecule has 0 atom stereocenters. The number of nitrogens with zero attached hydrogens (tertiary/aromatic N) is 2. The maximum absolute atomic E-state index is 4.39. The highest BCUT2D eigenvalue weighted by molar-refractivity contribution is 9.10. The highest BCUT2D eigenvalue weighted by Gasteiger charge is 2.24. The summed E-state index contributed by atoms with van der Waals surface area (Å²) in [6.45, 7) is 6.25. The fraction of sp³-hybridized carbons (Fsp3) is 0.333. The van der Waals surface area contributed by atoms with Crippen LogP contribution in [0.3, 0.4) is 0 Å². The molecule has 0 saturated heterocycles. The molecular weight excluding hydrogens is 298 g/mol. The number of hydrogen-bond acceptors (Lipinski definition) is 4. The zero-order chi connectivity index (χ0) is 12.5. The van der Waals surface area contributed by atoms with E-state index in [1.165, 1.54) is 0 Å². The van der Waals surface area contributed by atoms with Crippen LogP contribution < -0.4 is 5.32 Å². The van der Waals surface area contributed by atoms with Crippen LogP contribution >= 0.6 is 27.3 Å². The molecule has 0 unspecified atom stereocenters. The van der Waals surface area contributed by atoms with Crippen LogP contribution in [0.4, 0.5) is 5.82 Å². The molecule has 2 aromatic heterocycles. The summed E-state index contributed by atoms with van der Waals surface area (Å²) >= 11 is 5.06. The number of aryl methyl sites for hydroxylation is 1. The molecular formula is C12H14BrN3S. The summed E-state index contributed by atoms with van der Waals surface area (Å²) in [6, 6.07) is 2.05. The SMILES string of the molecule is Cc1cc(Br)cnc1NC(C)(C)c1nccs1. The average molecular weight is 312 g/mol. The molecule has 0 radical (unpaired) electrons. The number of thiazole rings is 1. The van der Waals surface area contributed by atoms with Crippen molar-refractivity contribution in [2.75, 3.05) is 5.32 Å². The average Bonchev–Trinajstić information content (AvgIpc) is 2.76. The van der Waals surface area contributed by atoms with Gasteiger partial charge in [0.1, 0.15) is 10.8 Å². The van der Waals surface area contributed by atoms with Crippen LogP contribution in [0.15, 0.2) is 28.3 Å². The van der Waals surface area contributed by atoms with Crippen molar-refractivity contribution in [1.82, 2.24) is 9.97 Å². The third-order valence-corrected chi connectivity index (χ3v) is 3.97. The normalized spacial score (nSPS) is 11.5. The number of pyridine rings is 1. The quantitative estimate of drug-likeness (QED) is 0.932. The molecule has 0 bridgehead atoms. The lowest BCUT2D eigenvalue weighted by atomic mass is 10.1. The van der Waals surface area contributed by atoms with E-state index < -0.39 is 0 Å². The molecule has 5 heteroatoms. The number of rotatable bonds is 3. The first-order valence-electron chi connectivity index (χ1n) is 5.29. The largest absolute Gasteiger partial charge is 0.358 e. The van der Waals surface area contributed by atoms with E-state index in [2.05, 4.69) is 45.1 Å². The minimum Gasteiger partial charge on any atom is -0.358 e. The Balaban J connectivity index is 2.26. The van der Waals surface area contributed by atoms with Gasteiger partial charge in [-0.25, -0.2) is 9.97 Å². The molecule has 2 heterocycles. The zero-order valence-electron chi connectivity index (χ0n) is 9.99. The Labute approximate surface area is 113 Å². The Morgan fingerprint density at radius 3 is 2.71 bits per heavy atom. The van der Waals surface area contributed by atoms with Gasteiger partial charge in [0.25, 0.3) is 0 Å². The molecule has 0 aliphatic rings. The van der Waals surface area contributed by atoms with Gasteiger partial charge in [0.15, 0.2) is 0 Å². The van der Waals surface area contributed by atoms with E-state index >= 15 is 0 Å². The molecule has 1 N–H and O–H groups in total. The van der Waals surface area contributed by atoms with Crippen LogP contribution in [-0.2, 0) is 5.54 Å². The van der Waals surface area contributed by atoms with Gasteiger partial charge in [-0.15, -0.1) is 11.3 Å². The maximum atomic E-state index is 4.39. The van der Waals surface area contributed by atoms with E-state index in [0.29, 0.717) is 0 Å². The highest BCUT2D eigenvalue weighted by atomic mass is 79.9. The Hall–Kier alpha value is -0.940. The van der Waals surface area contributed by atoms with Crippen molar-refractivity contribution in [3.63, 3.8) is 0 Å². The van der Waals surface area contributed by atoms with Crippen LogP contribution in [0.25, 0.3) is 0 Å². The predicted molar refractivity (Wildman–Crippen MR) is 75.4 cm³/mol. The summed E-state index contributed by atoms with van der Waals surface area (Å²) in [5, 5.41) is 6.48. The maximum Gasteiger partial charge on any atom is 0.129 e. The second-order valence-corrected chi connectivity index (χ2v) is 6.22. The summed E-state index contributed by atoms with van der Waals surface area (Å²) in [4.78, 5) is 8.74. The molecule has 0 aliphatic carbocycles. The van der Waals surface area contributed by atoms with E-state index in [4.69, 9.17) is 0 Å². The molecule has 0 saturated carbocycles. The number of hydrogen-bond donors (Lipinski definition) is 1. The van der Waals surface area contributed by atoms with E-state index in [1.54, 1.807) is 17.5 Å². The third kappa shape index (κ3) is 2.84. The molecule has 2 rings (SSSR count). The lowest BCUT2D eigenvalue weighted by molar-refractivity contribution is 0.600. The first kappa shape index (κ1) is 12.5. The highest BCUT2D eigenvalue weighted by Crippen LogP contribution is 2.28. The van der Waals surface area contributed by atoms with E-state index in [0.717, 1.165) is 20.9 Å². The van der Waals surface area contributed by atoms with Crippen molar-refractivity contribution in [2.45, 2.75) is 26.3 Å². The minimum absolute atomic E-state index is 0.209. The van der Waals surface area contributed by atoms with Crippen molar-refractivity contribution in [1.29, 1.82) is 0 Å². The Morgan fingerprint density at radius 1 is 1.35 bits per heavy atom. The molecule has 2 aromatic rings. The molecule has 90 valence electrons. The van der Waals surface area contributed by atoms with Crippen LogP contribution in [0.2, 0.25) is 0 Å². The zero-order valence-corrected chi connectivity index (χ0v) is 12.4. The smallest absolute Gasteiger partial charge is 0.129 e. The second kappa shape index (κ2) is 4.74. The number of halogens is 1. The summed E-state index contributed by atoms with van der Waals surface area (Å²) in [5.74, 6) is 0.897. The van der Waals surface area contributed by atoms with Gasteiger partial charge in [0.05, 0.1) is 5.54 Å².